The number of hydrogen-bond acceptors (Lipinski definition) is 3. The molecule has 0 saturated heterocycles. The quantitative estimate of drug-likeness (QED) is 0.620. The Hall–Kier alpha value is -0.440. The summed E-state index contributed by atoms with van der Waals surface area (Å²) in [6.45, 7) is 4.07. The van der Waals surface area contributed by atoms with Crippen molar-refractivity contribution >= 4 is 0 Å². The van der Waals surface area contributed by atoms with Crippen LogP contribution in [0, 0.1) is 0 Å². The molecule has 0 atom stereocenters. The highest BCUT2D eigenvalue weighted by molar-refractivity contribution is 4.80. The van der Waals surface area contributed by atoms with Crippen molar-refractivity contribution in [3.63, 3.8) is 0 Å². The van der Waals surface area contributed by atoms with Crippen molar-refractivity contribution in [2.75, 3.05) is 7.11 Å². The average molecular weight is 184 g/mol. The summed E-state index contributed by atoms with van der Waals surface area (Å²) in [5, 5.41) is 8.53. The molecule has 0 heterocycles. The van der Waals surface area contributed by atoms with Gasteiger partial charge >= 0.3 is 0 Å². The normalized spacial score (nSPS) is 22.8. The van der Waals surface area contributed by atoms with Crippen LogP contribution in [0.3, 0.4) is 0 Å². The van der Waals surface area contributed by atoms with E-state index >= 15 is 0 Å². The molecule has 1 rings (SSSR count). The molecule has 0 unspecified atom stereocenters. The lowest BCUT2D eigenvalue weighted by Crippen LogP contribution is -2.31. The average Bonchev–Trinajstić information content (AvgIpc) is 2.16. The zero-order chi connectivity index (χ0) is 9.73. The molecule has 0 aromatic heterocycles. The molecule has 0 amide bonds. The molecule has 0 spiro atoms. The minimum absolute atomic E-state index is 0.272. The smallest absolute Gasteiger partial charge is 0.178 e. The Morgan fingerprint density at radius 3 is 2.23 bits per heavy atom. The summed E-state index contributed by atoms with van der Waals surface area (Å²) in [7, 11) is 1.74. The van der Waals surface area contributed by atoms with Crippen LogP contribution in [0.2, 0.25) is 0 Å². The van der Waals surface area contributed by atoms with Gasteiger partial charge in [-0.1, -0.05) is 6.42 Å². The SMILES string of the molecule is COC1(N=NC(C)C)CCCCC1. The summed E-state index contributed by atoms with van der Waals surface area (Å²) in [6.07, 6.45) is 5.79. The number of nitrogens with zero attached hydrogens (tertiary/aromatic N) is 2. The van der Waals surface area contributed by atoms with Crippen LogP contribution >= 0.6 is 0 Å². The molecule has 1 fully saturated rings. The largest absolute Gasteiger partial charge is 0.355 e. The molecular formula is C10H20N2O. The van der Waals surface area contributed by atoms with Crippen molar-refractivity contribution < 1.29 is 4.74 Å². The van der Waals surface area contributed by atoms with E-state index in [9.17, 15) is 0 Å². The van der Waals surface area contributed by atoms with E-state index in [4.69, 9.17) is 4.74 Å². The highest BCUT2D eigenvalue weighted by Crippen LogP contribution is 2.32. The van der Waals surface area contributed by atoms with Crippen LogP contribution in [0.4, 0.5) is 0 Å². The molecule has 3 heteroatoms. The van der Waals surface area contributed by atoms with Crippen molar-refractivity contribution in [3.05, 3.63) is 0 Å². The summed E-state index contributed by atoms with van der Waals surface area (Å²) in [5.41, 5.74) is -0.289. The first-order valence-corrected chi connectivity index (χ1v) is 5.16. The van der Waals surface area contributed by atoms with Crippen molar-refractivity contribution in [3.8, 4) is 0 Å². The third kappa shape index (κ3) is 3.07. The standard InChI is InChI=1S/C10H20N2O/c1-9(2)11-12-10(13-3)7-5-4-6-8-10/h9H,4-8H2,1-3H3. The van der Waals surface area contributed by atoms with Crippen LogP contribution in [0.1, 0.15) is 46.0 Å². The molecule has 1 aliphatic rings. The fourth-order valence-electron chi connectivity index (χ4n) is 1.67. The maximum absolute atomic E-state index is 5.47. The van der Waals surface area contributed by atoms with Crippen LogP contribution in [-0.4, -0.2) is 18.9 Å². The Labute approximate surface area is 80.6 Å². The van der Waals surface area contributed by atoms with Crippen LogP contribution in [-0.2, 0) is 4.74 Å². The molecule has 1 aliphatic carbocycles. The van der Waals surface area contributed by atoms with Gasteiger partial charge in [0.15, 0.2) is 5.72 Å². The van der Waals surface area contributed by atoms with E-state index < -0.39 is 0 Å². The zero-order valence-corrected chi connectivity index (χ0v) is 8.92. The lowest BCUT2D eigenvalue weighted by molar-refractivity contribution is -0.0383. The van der Waals surface area contributed by atoms with E-state index in [1.165, 1.54) is 19.3 Å². The van der Waals surface area contributed by atoms with Gasteiger partial charge in [0.2, 0.25) is 0 Å². The highest BCUT2D eigenvalue weighted by atomic mass is 16.5. The first-order valence-electron chi connectivity index (χ1n) is 5.16. The van der Waals surface area contributed by atoms with Gasteiger partial charge < -0.3 is 4.74 Å². The molecular weight excluding hydrogens is 164 g/mol. The number of methoxy groups -OCH3 is 1. The molecule has 0 aromatic carbocycles. The molecule has 0 N–H and O–H groups in total. The maximum atomic E-state index is 5.47. The van der Waals surface area contributed by atoms with Gasteiger partial charge in [-0.05, 0) is 39.5 Å². The maximum Gasteiger partial charge on any atom is 0.178 e. The Morgan fingerprint density at radius 1 is 1.15 bits per heavy atom. The van der Waals surface area contributed by atoms with E-state index in [0.717, 1.165) is 12.8 Å². The number of ether oxygens (including phenoxy) is 1. The van der Waals surface area contributed by atoms with Gasteiger partial charge in [0.1, 0.15) is 0 Å². The van der Waals surface area contributed by atoms with Crippen LogP contribution in [0.5, 0.6) is 0 Å². The van der Waals surface area contributed by atoms with Gasteiger partial charge in [-0.2, -0.15) is 10.2 Å². The lowest BCUT2D eigenvalue weighted by atomic mass is 9.92. The van der Waals surface area contributed by atoms with Crippen LogP contribution < -0.4 is 0 Å². The first kappa shape index (κ1) is 10.6. The summed E-state index contributed by atoms with van der Waals surface area (Å²) < 4.78 is 5.47. The fourth-order valence-corrected chi connectivity index (χ4v) is 1.67. The van der Waals surface area contributed by atoms with E-state index in [1.807, 2.05) is 13.8 Å². The second-order valence-electron chi connectivity index (χ2n) is 4.02. The summed E-state index contributed by atoms with van der Waals surface area (Å²) in [4.78, 5) is 0. The number of rotatable bonds is 3. The van der Waals surface area contributed by atoms with Gasteiger partial charge in [-0.3, -0.25) is 0 Å². The lowest BCUT2D eigenvalue weighted by Gasteiger charge is -2.30. The third-order valence-electron chi connectivity index (χ3n) is 2.49. The van der Waals surface area contributed by atoms with Crippen LogP contribution in [0.15, 0.2) is 10.2 Å². The van der Waals surface area contributed by atoms with E-state index in [-0.39, 0.29) is 11.8 Å². The topological polar surface area (TPSA) is 34.0 Å². The van der Waals surface area contributed by atoms with Crippen molar-refractivity contribution in [2.45, 2.75) is 57.7 Å². The minimum atomic E-state index is -0.289. The molecule has 3 nitrogen and oxygen atoms in total. The van der Waals surface area contributed by atoms with Gasteiger partial charge in [-0.25, -0.2) is 0 Å². The number of azo groups is 1. The highest BCUT2D eigenvalue weighted by Gasteiger charge is 2.31. The molecule has 0 aliphatic heterocycles. The monoisotopic (exact) mass is 184 g/mol. The Balaban J connectivity index is 2.57. The van der Waals surface area contributed by atoms with Gasteiger partial charge in [0, 0.05) is 7.11 Å². The first-order chi connectivity index (χ1) is 6.18. The predicted octanol–water partition coefficient (Wildman–Crippen LogP) is 3.15. The molecule has 0 radical (unpaired) electrons. The Kier molecular flexibility index (Phi) is 3.85. The Morgan fingerprint density at radius 2 is 1.77 bits per heavy atom. The van der Waals surface area contributed by atoms with Crippen molar-refractivity contribution in [1.82, 2.24) is 0 Å². The molecule has 1 saturated carbocycles. The van der Waals surface area contributed by atoms with E-state index in [2.05, 4.69) is 10.2 Å². The van der Waals surface area contributed by atoms with E-state index in [0.29, 0.717) is 0 Å². The zero-order valence-electron chi connectivity index (χ0n) is 8.92. The minimum Gasteiger partial charge on any atom is -0.355 e. The molecule has 0 bridgehead atoms. The Bertz CT molecular complexity index is 172. The second kappa shape index (κ2) is 4.70. The summed E-state index contributed by atoms with van der Waals surface area (Å²) >= 11 is 0. The third-order valence-corrected chi connectivity index (χ3v) is 2.49. The summed E-state index contributed by atoms with van der Waals surface area (Å²) in [6, 6.07) is 0.272. The van der Waals surface area contributed by atoms with Gasteiger partial charge in [0.25, 0.3) is 0 Å². The fraction of sp³-hybridized carbons (Fsp3) is 1.00. The molecule has 13 heavy (non-hydrogen) atoms. The molecule has 0 aromatic rings. The van der Waals surface area contributed by atoms with Crippen molar-refractivity contribution in [1.29, 1.82) is 0 Å². The number of hydrogen-bond donors (Lipinski definition) is 0. The molecule has 76 valence electrons. The van der Waals surface area contributed by atoms with E-state index in [1.54, 1.807) is 7.11 Å². The van der Waals surface area contributed by atoms with Crippen LogP contribution in [0.25, 0.3) is 0 Å². The van der Waals surface area contributed by atoms with Crippen molar-refractivity contribution in [2.24, 2.45) is 10.2 Å². The predicted molar refractivity (Wildman–Crippen MR) is 52.8 cm³/mol. The van der Waals surface area contributed by atoms with Gasteiger partial charge in [0.05, 0.1) is 6.04 Å². The van der Waals surface area contributed by atoms with Gasteiger partial charge in [-0.15, -0.1) is 0 Å². The summed E-state index contributed by atoms with van der Waals surface area (Å²) in [5.74, 6) is 0. The second-order valence-corrected chi connectivity index (χ2v) is 4.02.